The largest absolute Gasteiger partial charge is 0.329 e. The van der Waals surface area contributed by atoms with Crippen LogP contribution in [0.15, 0.2) is 6.33 Å². The second-order valence-corrected chi connectivity index (χ2v) is 5.30. The van der Waals surface area contributed by atoms with Crippen LogP contribution in [0, 0.1) is 0 Å². The Balaban J connectivity index is 1.83. The van der Waals surface area contributed by atoms with Gasteiger partial charge >= 0.3 is 0 Å². The van der Waals surface area contributed by atoms with Crippen LogP contribution in [-0.2, 0) is 13.1 Å². The lowest BCUT2D eigenvalue weighted by Crippen LogP contribution is -2.51. The van der Waals surface area contributed by atoms with Crippen LogP contribution in [-0.4, -0.2) is 63.3 Å². The van der Waals surface area contributed by atoms with E-state index in [0.29, 0.717) is 6.04 Å². The molecule has 19 heavy (non-hydrogen) atoms. The molecule has 0 amide bonds. The Labute approximate surface area is 115 Å². The molecule has 0 radical (unpaired) electrons. The number of hydrogen-bond acceptors (Lipinski definition) is 5. The van der Waals surface area contributed by atoms with E-state index >= 15 is 0 Å². The van der Waals surface area contributed by atoms with E-state index in [9.17, 15) is 0 Å². The molecule has 2 N–H and O–H groups in total. The Bertz CT molecular complexity index is 369. The van der Waals surface area contributed by atoms with Gasteiger partial charge < -0.3 is 5.73 Å². The van der Waals surface area contributed by atoms with E-state index in [1.807, 2.05) is 4.68 Å². The zero-order valence-electron chi connectivity index (χ0n) is 12.1. The molecule has 1 fully saturated rings. The Kier molecular flexibility index (Phi) is 5.30. The highest BCUT2D eigenvalue weighted by Crippen LogP contribution is 2.09. The van der Waals surface area contributed by atoms with E-state index in [4.69, 9.17) is 5.73 Å². The first-order valence-corrected chi connectivity index (χ1v) is 7.27. The van der Waals surface area contributed by atoms with Crippen molar-refractivity contribution in [1.29, 1.82) is 0 Å². The lowest BCUT2D eigenvalue weighted by molar-refractivity contribution is 0.0977. The maximum Gasteiger partial charge on any atom is 0.141 e. The summed E-state index contributed by atoms with van der Waals surface area (Å²) in [5.74, 6) is 1.09. The molecule has 1 aromatic heterocycles. The van der Waals surface area contributed by atoms with Crippen molar-refractivity contribution in [3.05, 3.63) is 12.2 Å². The van der Waals surface area contributed by atoms with Gasteiger partial charge in [-0.3, -0.25) is 9.80 Å². The summed E-state index contributed by atoms with van der Waals surface area (Å²) in [5.41, 5.74) is 5.72. The minimum atomic E-state index is 0.492. The third kappa shape index (κ3) is 3.75. The van der Waals surface area contributed by atoms with Crippen molar-refractivity contribution in [3.63, 3.8) is 0 Å². The summed E-state index contributed by atoms with van der Waals surface area (Å²) in [7, 11) is 0. The predicted molar refractivity (Wildman–Crippen MR) is 75.7 cm³/mol. The quantitative estimate of drug-likeness (QED) is 0.794. The molecule has 0 spiro atoms. The van der Waals surface area contributed by atoms with Crippen LogP contribution in [0.2, 0.25) is 0 Å². The molecule has 2 rings (SSSR count). The monoisotopic (exact) mass is 266 g/mol. The molecule has 1 atom stereocenters. The SMILES string of the molecule is CCCn1ncnc1CN1CCN(C(C)CN)CC1. The Morgan fingerprint density at radius 2 is 2.05 bits per heavy atom. The topological polar surface area (TPSA) is 63.2 Å². The molecule has 1 saturated heterocycles. The fourth-order valence-corrected chi connectivity index (χ4v) is 2.52. The summed E-state index contributed by atoms with van der Waals surface area (Å²) in [4.78, 5) is 9.30. The van der Waals surface area contributed by atoms with Crippen LogP contribution in [0.3, 0.4) is 0 Å². The van der Waals surface area contributed by atoms with Gasteiger partial charge in [-0.2, -0.15) is 5.10 Å². The van der Waals surface area contributed by atoms with Crippen LogP contribution < -0.4 is 5.73 Å². The van der Waals surface area contributed by atoms with E-state index in [2.05, 4.69) is 33.7 Å². The Hall–Kier alpha value is -0.980. The average molecular weight is 266 g/mol. The summed E-state index contributed by atoms with van der Waals surface area (Å²) in [6, 6.07) is 0.492. The second kappa shape index (κ2) is 6.98. The number of aryl methyl sites for hydroxylation is 1. The molecule has 1 aliphatic heterocycles. The van der Waals surface area contributed by atoms with Crippen molar-refractivity contribution in [2.75, 3.05) is 32.7 Å². The van der Waals surface area contributed by atoms with E-state index in [1.54, 1.807) is 6.33 Å². The highest BCUT2D eigenvalue weighted by Gasteiger charge is 2.21. The van der Waals surface area contributed by atoms with Gasteiger partial charge in [0.2, 0.25) is 0 Å². The fourth-order valence-electron chi connectivity index (χ4n) is 2.52. The molecule has 0 aliphatic carbocycles. The minimum Gasteiger partial charge on any atom is -0.329 e. The average Bonchev–Trinajstić information content (AvgIpc) is 2.86. The predicted octanol–water partition coefficient (Wildman–Crippen LogP) is 0.153. The van der Waals surface area contributed by atoms with E-state index < -0.39 is 0 Å². The fraction of sp³-hybridized carbons (Fsp3) is 0.846. The smallest absolute Gasteiger partial charge is 0.141 e. The Morgan fingerprint density at radius 3 is 2.68 bits per heavy atom. The van der Waals surface area contributed by atoms with Crippen LogP contribution in [0.1, 0.15) is 26.1 Å². The number of rotatable bonds is 6. The van der Waals surface area contributed by atoms with Gasteiger partial charge in [0.1, 0.15) is 12.2 Å². The molecule has 0 saturated carbocycles. The maximum atomic E-state index is 5.72. The standard InChI is InChI=1S/C13H26N6/c1-3-4-19-13(15-11-16-19)10-17-5-7-18(8-6-17)12(2)9-14/h11-12H,3-10,14H2,1-2H3. The third-order valence-corrected chi connectivity index (χ3v) is 3.87. The normalized spacial score (nSPS) is 19.7. The van der Waals surface area contributed by atoms with Gasteiger partial charge in [0.15, 0.2) is 0 Å². The summed E-state index contributed by atoms with van der Waals surface area (Å²) in [5, 5.41) is 4.28. The summed E-state index contributed by atoms with van der Waals surface area (Å²) < 4.78 is 2.02. The lowest BCUT2D eigenvalue weighted by Gasteiger charge is -2.37. The number of aromatic nitrogens is 3. The van der Waals surface area contributed by atoms with Crippen LogP contribution >= 0.6 is 0 Å². The molecular weight excluding hydrogens is 240 g/mol. The van der Waals surface area contributed by atoms with Crippen LogP contribution in [0.4, 0.5) is 0 Å². The molecular formula is C13H26N6. The number of nitrogens with zero attached hydrogens (tertiary/aromatic N) is 5. The molecule has 108 valence electrons. The molecule has 1 aliphatic rings. The number of nitrogens with two attached hydrogens (primary N) is 1. The van der Waals surface area contributed by atoms with Crippen molar-refractivity contribution in [2.45, 2.75) is 39.4 Å². The minimum absolute atomic E-state index is 0.492. The Morgan fingerprint density at radius 1 is 1.32 bits per heavy atom. The van der Waals surface area contributed by atoms with Crippen LogP contribution in [0.5, 0.6) is 0 Å². The zero-order chi connectivity index (χ0) is 13.7. The van der Waals surface area contributed by atoms with Crippen molar-refractivity contribution in [2.24, 2.45) is 5.73 Å². The second-order valence-electron chi connectivity index (χ2n) is 5.30. The van der Waals surface area contributed by atoms with E-state index in [0.717, 1.165) is 58.1 Å². The first kappa shape index (κ1) is 14.4. The highest BCUT2D eigenvalue weighted by atomic mass is 15.4. The lowest BCUT2D eigenvalue weighted by atomic mass is 10.2. The van der Waals surface area contributed by atoms with Crippen LogP contribution in [0.25, 0.3) is 0 Å². The molecule has 6 heteroatoms. The summed E-state index contributed by atoms with van der Waals surface area (Å²) in [6.45, 7) is 11.3. The number of hydrogen-bond donors (Lipinski definition) is 1. The van der Waals surface area contributed by atoms with Gasteiger partial charge in [0.05, 0.1) is 6.54 Å². The molecule has 0 bridgehead atoms. The van der Waals surface area contributed by atoms with Gasteiger partial charge in [-0.15, -0.1) is 0 Å². The van der Waals surface area contributed by atoms with Crippen molar-refractivity contribution in [3.8, 4) is 0 Å². The number of piperazine rings is 1. The van der Waals surface area contributed by atoms with Gasteiger partial charge in [-0.25, -0.2) is 9.67 Å². The van der Waals surface area contributed by atoms with Gasteiger partial charge in [0, 0.05) is 45.3 Å². The highest BCUT2D eigenvalue weighted by molar-refractivity contribution is 4.87. The van der Waals surface area contributed by atoms with E-state index in [-0.39, 0.29) is 0 Å². The summed E-state index contributed by atoms with van der Waals surface area (Å²) >= 11 is 0. The molecule has 0 aromatic carbocycles. The molecule has 2 heterocycles. The van der Waals surface area contributed by atoms with Gasteiger partial charge in [-0.05, 0) is 13.3 Å². The molecule has 6 nitrogen and oxygen atoms in total. The molecule has 1 aromatic rings. The van der Waals surface area contributed by atoms with Crippen molar-refractivity contribution in [1.82, 2.24) is 24.6 Å². The first-order chi connectivity index (χ1) is 9.24. The van der Waals surface area contributed by atoms with E-state index in [1.165, 1.54) is 0 Å². The zero-order valence-corrected chi connectivity index (χ0v) is 12.1. The van der Waals surface area contributed by atoms with Gasteiger partial charge in [-0.1, -0.05) is 6.92 Å². The van der Waals surface area contributed by atoms with Crippen molar-refractivity contribution < 1.29 is 0 Å². The first-order valence-electron chi connectivity index (χ1n) is 7.27. The van der Waals surface area contributed by atoms with Gasteiger partial charge in [0.25, 0.3) is 0 Å². The summed E-state index contributed by atoms with van der Waals surface area (Å²) in [6.07, 6.45) is 2.76. The van der Waals surface area contributed by atoms with Crippen molar-refractivity contribution >= 4 is 0 Å². The maximum absolute atomic E-state index is 5.72. The molecule has 1 unspecified atom stereocenters. The third-order valence-electron chi connectivity index (χ3n) is 3.87.